The van der Waals surface area contributed by atoms with Crippen LogP contribution in [-0.4, -0.2) is 22.2 Å². The van der Waals surface area contributed by atoms with E-state index >= 15 is 0 Å². The minimum atomic E-state index is 0.344. The molecule has 162 valence electrons. The molecular weight excluding hydrogens is 428 g/mol. The Balaban J connectivity index is 1.55. The highest BCUT2D eigenvalue weighted by Crippen LogP contribution is 2.34. The van der Waals surface area contributed by atoms with Crippen LogP contribution in [0.2, 0.25) is 0 Å². The topological polar surface area (TPSA) is 69.3 Å². The number of aliphatic hydroxyl groups excluding tert-OH is 1. The molecule has 2 N–H and O–H groups in total. The second-order valence-corrected chi connectivity index (χ2v) is 9.71. The van der Waals surface area contributed by atoms with Crippen molar-refractivity contribution in [3.05, 3.63) is 104 Å². The predicted molar refractivity (Wildman–Crippen MR) is 137 cm³/mol. The number of fused-ring (bicyclic) bond motifs is 5. The van der Waals surface area contributed by atoms with Crippen molar-refractivity contribution in [3.8, 4) is 0 Å². The standard InChI is InChI=1S/C27H22N4OS/c1-15-16(2)25-13-21-10-23(27-8-7-22(14-32)33-27)26(30-21)12-20-6-4-18(29-20)9-17-3-5-19(28-17)11-24(15)31-25/h3-16,31-32H,1-2H3/b17-9?,20-12?,22-14+,24-11?,25-13?,27-23+. The number of thiophene rings is 1. The minimum absolute atomic E-state index is 0.344. The van der Waals surface area contributed by atoms with Crippen LogP contribution in [0.15, 0.2) is 110 Å². The van der Waals surface area contributed by atoms with Gasteiger partial charge < -0.3 is 10.4 Å². The third kappa shape index (κ3) is 3.62. The number of aliphatic hydroxyl groups is 1. The third-order valence-corrected chi connectivity index (χ3v) is 7.46. The number of hydrogen-bond acceptors (Lipinski definition) is 6. The molecule has 2 atom stereocenters. The number of aliphatic imine (C=N–C) groups is 3. The molecule has 1 aromatic rings. The first-order valence-electron chi connectivity index (χ1n) is 11.0. The van der Waals surface area contributed by atoms with Gasteiger partial charge >= 0.3 is 0 Å². The van der Waals surface area contributed by atoms with E-state index in [-0.39, 0.29) is 0 Å². The molecule has 0 aromatic carbocycles. The molecule has 0 aliphatic carbocycles. The molecule has 1 aromatic heterocycles. The first kappa shape index (κ1) is 19.9. The molecule has 8 bridgehead atoms. The van der Waals surface area contributed by atoms with Gasteiger partial charge in [-0.3, -0.25) is 0 Å². The number of allylic oxidation sites excluding steroid dienone is 11. The summed E-state index contributed by atoms with van der Waals surface area (Å²) in [4.78, 5) is 14.5. The van der Waals surface area contributed by atoms with Gasteiger partial charge in [0.2, 0.25) is 0 Å². The minimum Gasteiger partial charge on any atom is -0.514 e. The second-order valence-electron chi connectivity index (χ2n) is 8.59. The molecule has 6 rings (SSSR count). The van der Waals surface area contributed by atoms with Crippen LogP contribution in [0.3, 0.4) is 0 Å². The monoisotopic (exact) mass is 450 g/mol. The summed E-state index contributed by atoms with van der Waals surface area (Å²) in [6.07, 6.45) is 19.6. The summed E-state index contributed by atoms with van der Waals surface area (Å²) in [6, 6.07) is 3.94. The Bertz CT molecular complexity index is 1520. The van der Waals surface area contributed by atoms with Crippen molar-refractivity contribution < 1.29 is 5.11 Å². The maximum absolute atomic E-state index is 9.41. The van der Waals surface area contributed by atoms with E-state index in [0.29, 0.717) is 11.8 Å². The largest absolute Gasteiger partial charge is 0.514 e. The third-order valence-electron chi connectivity index (χ3n) is 6.41. The molecule has 5 aliphatic heterocycles. The summed E-state index contributed by atoms with van der Waals surface area (Å²) >= 11 is 1.54. The molecule has 0 amide bonds. The van der Waals surface area contributed by atoms with Gasteiger partial charge in [-0.15, -0.1) is 11.3 Å². The molecule has 6 heterocycles. The molecule has 1 fully saturated rings. The smallest absolute Gasteiger partial charge is 0.0964 e. The fourth-order valence-corrected chi connectivity index (χ4v) is 5.24. The average molecular weight is 451 g/mol. The van der Waals surface area contributed by atoms with Gasteiger partial charge in [0.25, 0.3) is 0 Å². The summed E-state index contributed by atoms with van der Waals surface area (Å²) in [5, 5.41) is 13.0. The Morgan fingerprint density at radius 2 is 1.48 bits per heavy atom. The van der Waals surface area contributed by atoms with E-state index in [2.05, 4.69) is 37.4 Å². The SMILES string of the molecule is CC1C2=CC3=C/C(=c4/cc/c(=C\O)s4)C(=N3)C=C3C=CC(=N3)C=C3C=CC(=N3)C=C(N2)C1C. The summed E-state index contributed by atoms with van der Waals surface area (Å²) in [5.41, 5.74) is 8.69. The Morgan fingerprint density at radius 3 is 2.21 bits per heavy atom. The molecular formula is C27H22N4OS. The van der Waals surface area contributed by atoms with Crippen molar-refractivity contribution in [1.29, 1.82) is 0 Å². The summed E-state index contributed by atoms with van der Waals surface area (Å²) in [7, 11) is 0. The first-order chi connectivity index (χ1) is 16.1. The molecule has 33 heavy (non-hydrogen) atoms. The van der Waals surface area contributed by atoms with Crippen LogP contribution < -0.4 is 14.4 Å². The van der Waals surface area contributed by atoms with Gasteiger partial charge in [-0.1, -0.05) is 13.8 Å². The molecule has 5 nitrogen and oxygen atoms in total. The molecule has 1 saturated heterocycles. The van der Waals surface area contributed by atoms with Crippen LogP contribution >= 0.6 is 11.3 Å². The van der Waals surface area contributed by atoms with Crippen LogP contribution in [0.5, 0.6) is 0 Å². The number of nitrogens with one attached hydrogen (secondary N) is 1. The fourth-order valence-electron chi connectivity index (χ4n) is 4.39. The van der Waals surface area contributed by atoms with Crippen molar-refractivity contribution in [2.75, 3.05) is 0 Å². The quantitative estimate of drug-likeness (QED) is 0.628. The fraction of sp³-hybridized carbons (Fsp3) is 0.148. The summed E-state index contributed by atoms with van der Waals surface area (Å²) < 4.78 is 1.87. The van der Waals surface area contributed by atoms with Crippen LogP contribution in [-0.2, 0) is 0 Å². The number of nitrogens with zero attached hydrogens (tertiary/aromatic N) is 3. The van der Waals surface area contributed by atoms with Crippen molar-refractivity contribution in [3.63, 3.8) is 0 Å². The predicted octanol–water partition coefficient (Wildman–Crippen LogP) is 3.98. The number of hydrogen-bond donors (Lipinski definition) is 2. The highest BCUT2D eigenvalue weighted by atomic mass is 32.1. The Kier molecular flexibility index (Phi) is 4.62. The molecule has 0 spiro atoms. The van der Waals surface area contributed by atoms with E-state index in [4.69, 9.17) is 15.0 Å². The maximum Gasteiger partial charge on any atom is 0.0964 e. The lowest BCUT2D eigenvalue weighted by Crippen LogP contribution is -2.07. The van der Waals surface area contributed by atoms with Crippen molar-refractivity contribution in [2.24, 2.45) is 26.8 Å². The van der Waals surface area contributed by atoms with Crippen LogP contribution in [0, 0.1) is 11.8 Å². The second kappa shape index (κ2) is 7.67. The average Bonchev–Trinajstić information content (AvgIpc) is 3.61. The van der Waals surface area contributed by atoms with Gasteiger partial charge in [0, 0.05) is 33.3 Å². The van der Waals surface area contributed by atoms with Crippen molar-refractivity contribution in [1.82, 2.24) is 5.32 Å². The van der Waals surface area contributed by atoms with Gasteiger partial charge in [0.1, 0.15) is 0 Å². The van der Waals surface area contributed by atoms with E-state index in [1.807, 2.05) is 48.6 Å². The van der Waals surface area contributed by atoms with Gasteiger partial charge in [-0.25, -0.2) is 15.0 Å². The van der Waals surface area contributed by atoms with Crippen LogP contribution in [0.1, 0.15) is 13.8 Å². The lowest BCUT2D eigenvalue weighted by Gasteiger charge is -2.08. The van der Waals surface area contributed by atoms with E-state index in [1.165, 1.54) is 17.0 Å². The van der Waals surface area contributed by atoms with Gasteiger partial charge in [-0.2, -0.15) is 0 Å². The molecule has 0 radical (unpaired) electrons. The Morgan fingerprint density at radius 1 is 0.788 bits per heavy atom. The Labute approximate surface area is 195 Å². The van der Waals surface area contributed by atoms with Crippen molar-refractivity contribution in [2.45, 2.75) is 13.8 Å². The molecule has 5 aliphatic rings. The summed E-state index contributed by atoms with van der Waals surface area (Å²) in [5.74, 6) is 0.701. The van der Waals surface area contributed by atoms with E-state index in [9.17, 15) is 5.11 Å². The lowest BCUT2D eigenvalue weighted by atomic mass is 9.94. The zero-order chi connectivity index (χ0) is 22.5. The maximum atomic E-state index is 9.41. The van der Waals surface area contributed by atoms with Crippen LogP contribution in [0.4, 0.5) is 0 Å². The van der Waals surface area contributed by atoms with Crippen LogP contribution in [0.25, 0.3) is 11.8 Å². The lowest BCUT2D eigenvalue weighted by molar-refractivity contribution is 0.541. The number of rotatable bonds is 0. The van der Waals surface area contributed by atoms with Crippen molar-refractivity contribution >= 4 is 40.3 Å². The van der Waals surface area contributed by atoms with E-state index < -0.39 is 0 Å². The van der Waals surface area contributed by atoms with E-state index in [1.54, 1.807) is 0 Å². The zero-order valence-electron chi connectivity index (χ0n) is 18.3. The van der Waals surface area contributed by atoms with Gasteiger partial charge in [0.05, 0.1) is 45.0 Å². The normalized spacial score (nSPS) is 27.4. The molecule has 0 saturated carbocycles. The summed E-state index contributed by atoms with van der Waals surface area (Å²) in [6.45, 7) is 4.48. The van der Waals surface area contributed by atoms with Gasteiger partial charge in [-0.05, 0) is 66.8 Å². The first-order valence-corrected chi connectivity index (χ1v) is 11.8. The van der Waals surface area contributed by atoms with Gasteiger partial charge in [0.15, 0.2) is 0 Å². The molecule has 2 unspecified atom stereocenters. The zero-order valence-corrected chi connectivity index (χ0v) is 19.1. The van der Waals surface area contributed by atoms with E-state index in [0.717, 1.165) is 60.8 Å². The highest BCUT2D eigenvalue weighted by molar-refractivity contribution is 7.08. The molecule has 6 heteroatoms. The highest BCUT2D eigenvalue weighted by Gasteiger charge is 2.29. The Hall–Kier alpha value is -3.77.